The number of carbonyl (C=O) groups is 2. The van der Waals surface area contributed by atoms with Crippen LogP contribution in [0.25, 0.3) is 0 Å². The van der Waals surface area contributed by atoms with E-state index in [1.54, 1.807) is 18.7 Å². The average molecular weight is 491 g/mol. The molecule has 1 saturated heterocycles. The van der Waals surface area contributed by atoms with Crippen molar-refractivity contribution >= 4 is 27.5 Å². The Morgan fingerprint density at radius 2 is 1.65 bits per heavy atom. The van der Waals surface area contributed by atoms with Gasteiger partial charge in [0.1, 0.15) is 5.82 Å². The predicted molar refractivity (Wildman–Crippen MR) is 129 cm³/mol. The monoisotopic (exact) mass is 490 g/mol. The van der Waals surface area contributed by atoms with E-state index in [-0.39, 0.29) is 42.4 Å². The average Bonchev–Trinajstić information content (AvgIpc) is 2.85. The molecule has 0 aromatic heterocycles. The first-order chi connectivity index (χ1) is 16.3. The standard InChI is InChI=1S/C24H31FN4O4S/c1-3-29(4-2)34(32,33)20-10-11-22(25)21(18-20)24(31)26-13-12-23(30)28-16-14-27(15-17-28)19-8-6-5-7-9-19/h5-11,18H,3-4,12-17H2,1-2H3,(H,26,31). The van der Waals surface area contributed by atoms with Gasteiger partial charge >= 0.3 is 0 Å². The summed E-state index contributed by atoms with van der Waals surface area (Å²) < 4.78 is 40.9. The molecule has 1 aliphatic heterocycles. The van der Waals surface area contributed by atoms with Crippen molar-refractivity contribution in [3.8, 4) is 0 Å². The summed E-state index contributed by atoms with van der Waals surface area (Å²) in [6, 6.07) is 13.2. The fourth-order valence-electron chi connectivity index (χ4n) is 3.94. The number of halogens is 1. The van der Waals surface area contributed by atoms with Gasteiger partial charge < -0.3 is 15.1 Å². The number of hydrogen-bond acceptors (Lipinski definition) is 5. The Kier molecular flexibility index (Phi) is 8.62. The summed E-state index contributed by atoms with van der Waals surface area (Å²) in [4.78, 5) is 28.9. The predicted octanol–water partition coefficient (Wildman–Crippen LogP) is 2.32. The molecule has 1 N–H and O–H groups in total. The number of amides is 2. The van der Waals surface area contributed by atoms with Gasteiger partial charge in [0.25, 0.3) is 5.91 Å². The maximum absolute atomic E-state index is 14.3. The number of sulfonamides is 1. The summed E-state index contributed by atoms with van der Waals surface area (Å²) >= 11 is 0. The number of nitrogens with one attached hydrogen (secondary N) is 1. The highest BCUT2D eigenvalue weighted by molar-refractivity contribution is 7.89. The summed E-state index contributed by atoms with van der Waals surface area (Å²) in [5.41, 5.74) is 0.756. The van der Waals surface area contributed by atoms with Crippen molar-refractivity contribution in [2.45, 2.75) is 25.2 Å². The first kappa shape index (κ1) is 25.6. The fraction of sp³-hybridized carbons (Fsp3) is 0.417. The Balaban J connectivity index is 1.53. The molecule has 1 heterocycles. The zero-order chi connectivity index (χ0) is 24.7. The van der Waals surface area contributed by atoms with E-state index in [1.165, 1.54) is 4.31 Å². The molecule has 1 aliphatic rings. The van der Waals surface area contributed by atoms with E-state index >= 15 is 0 Å². The van der Waals surface area contributed by atoms with E-state index in [1.807, 2.05) is 30.3 Å². The highest BCUT2D eigenvalue weighted by atomic mass is 32.2. The summed E-state index contributed by atoms with van der Waals surface area (Å²) in [7, 11) is -3.83. The molecule has 0 radical (unpaired) electrons. The number of carbonyl (C=O) groups excluding carboxylic acids is 2. The molecule has 0 spiro atoms. The van der Waals surface area contributed by atoms with Crippen LogP contribution >= 0.6 is 0 Å². The lowest BCUT2D eigenvalue weighted by Gasteiger charge is -2.36. The second kappa shape index (κ2) is 11.4. The van der Waals surface area contributed by atoms with Crippen LogP contribution in [0, 0.1) is 5.82 Å². The first-order valence-corrected chi connectivity index (χ1v) is 12.9. The number of anilines is 1. The smallest absolute Gasteiger partial charge is 0.254 e. The molecular weight excluding hydrogens is 459 g/mol. The minimum atomic E-state index is -3.83. The van der Waals surface area contributed by atoms with Crippen LogP contribution in [0.15, 0.2) is 53.4 Å². The quantitative estimate of drug-likeness (QED) is 0.583. The van der Waals surface area contributed by atoms with E-state index in [0.29, 0.717) is 13.1 Å². The van der Waals surface area contributed by atoms with Gasteiger partial charge in [-0.15, -0.1) is 0 Å². The van der Waals surface area contributed by atoms with Crippen molar-refractivity contribution in [3.05, 3.63) is 59.9 Å². The minimum Gasteiger partial charge on any atom is -0.368 e. The number of para-hydroxylation sites is 1. The third-order valence-corrected chi connectivity index (χ3v) is 7.95. The van der Waals surface area contributed by atoms with Crippen LogP contribution < -0.4 is 10.2 Å². The lowest BCUT2D eigenvalue weighted by Crippen LogP contribution is -2.49. The van der Waals surface area contributed by atoms with Crippen LogP contribution in [0.2, 0.25) is 0 Å². The van der Waals surface area contributed by atoms with Crippen LogP contribution in [0.4, 0.5) is 10.1 Å². The normalized spacial score (nSPS) is 14.4. The molecule has 0 bridgehead atoms. The largest absolute Gasteiger partial charge is 0.368 e. The zero-order valence-electron chi connectivity index (χ0n) is 19.5. The molecule has 184 valence electrons. The van der Waals surface area contributed by atoms with Gasteiger partial charge in [0.05, 0.1) is 10.5 Å². The minimum absolute atomic E-state index is 0.0308. The van der Waals surface area contributed by atoms with Crippen molar-refractivity contribution in [2.24, 2.45) is 0 Å². The summed E-state index contributed by atoms with van der Waals surface area (Å²) in [6.45, 7) is 6.58. The third-order valence-electron chi connectivity index (χ3n) is 5.90. The molecule has 34 heavy (non-hydrogen) atoms. The Morgan fingerprint density at radius 3 is 2.26 bits per heavy atom. The number of rotatable bonds is 9. The molecule has 0 atom stereocenters. The topological polar surface area (TPSA) is 90.0 Å². The lowest BCUT2D eigenvalue weighted by atomic mass is 10.2. The molecule has 3 rings (SSSR count). The molecule has 0 aliphatic carbocycles. The maximum Gasteiger partial charge on any atom is 0.254 e. The van der Waals surface area contributed by atoms with E-state index in [9.17, 15) is 22.4 Å². The molecule has 2 aromatic rings. The fourth-order valence-corrected chi connectivity index (χ4v) is 5.43. The van der Waals surface area contributed by atoms with Gasteiger partial charge in [-0.05, 0) is 30.3 Å². The Morgan fingerprint density at radius 1 is 1.00 bits per heavy atom. The SMILES string of the molecule is CCN(CC)S(=O)(=O)c1ccc(F)c(C(=O)NCCC(=O)N2CCN(c3ccccc3)CC2)c1. The summed E-state index contributed by atoms with van der Waals surface area (Å²) in [6.07, 6.45) is 0.0795. The highest BCUT2D eigenvalue weighted by Crippen LogP contribution is 2.19. The maximum atomic E-state index is 14.3. The second-order valence-electron chi connectivity index (χ2n) is 7.94. The van der Waals surface area contributed by atoms with Gasteiger partial charge in [0.15, 0.2) is 0 Å². The van der Waals surface area contributed by atoms with Crippen molar-refractivity contribution in [1.82, 2.24) is 14.5 Å². The van der Waals surface area contributed by atoms with Gasteiger partial charge in [0.2, 0.25) is 15.9 Å². The number of benzene rings is 2. The molecule has 0 saturated carbocycles. The molecule has 2 amide bonds. The van der Waals surface area contributed by atoms with Crippen molar-refractivity contribution in [1.29, 1.82) is 0 Å². The van der Waals surface area contributed by atoms with Crippen molar-refractivity contribution < 1.29 is 22.4 Å². The number of nitrogens with zero attached hydrogens (tertiary/aromatic N) is 3. The Bertz CT molecular complexity index is 1100. The molecular formula is C24H31FN4O4S. The van der Waals surface area contributed by atoms with Gasteiger partial charge in [-0.3, -0.25) is 9.59 Å². The van der Waals surface area contributed by atoms with Gasteiger partial charge in [-0.2, -0.15) is 4.31 Å². The van der Waals surface area contributed by atoms with E-state index < -0.39 is 21.7 Å². The van der Waals surface area contributed by atoms with Crippen LogP contribution in [0.5, 0.6) is 0 Å². The van der Waals surface area contributed by atoms with Crippen LogP contribution in [-0.4, -0.2) is 75.3 Å². The molecule has 2 aromatic carbocycles. The number of hydrogen-bond donors (Lipinski definition) is 1. The number of piperazine rings is 1. The zero-order valence-corrected chi connectivity index (χ0v) is 20.4. The lowest BCUT2D eigenvalue weighted by molar-refractivity contribution is -0.131. The summed E-state index contributed by atoms with van der Waals surface area (Å²) in [5, 5.41) is 2.53. The van der Waals surface area contributed by atoms with E-state index in [0.717, 1.165) is 37.0 Å². The second-order valence-corrected chi connectivity index (χ2v) is 9.88. The van der Waals surface area contributed by atoms with Crippen molar-refractivity contribution in [2.75, 3.05) is 50.7 Å². The molecule has 0 unspecified atom stereocenters. The van der Waals surface area contributed by atoms with Gasteiger partial charge in [0, 0.05) is 57.9 Å². The van der Waals surface area contributed by atoms with Crippen LogP contribution in [-0.2, 0) is 14.8 Å². The third kappa shape index (κ3) is 5.92. The van der Waals surface area contributed by atoms with Gasteiger partial charge in [-0.25, -0.2) is 12.8 Å². The Labute approximate surface area is 200 Å². The first-order valence-electron chi connectivity index (χ1n) is 11.4. The van der Waals surface area contributed by atoms with Crippen LogP contribution in [0.1, 0.15) is 30.6 Å². The van der Waals surface area contributed by atoms with Crippen LogP contribution in [0.3, 0.4) is 0 Å². The highest BCUT2D eigenvalue weighted by Gasteiger charge is 2.25. The summed E-state index contributed by atoms with van der Waals surface area (Å²) in [5.74, 6) is -1.67. The van der Waals surface area contributed by atoms with Gasteiger partial charge in [-0.1, -0.05) is 32.0 Å². The van der Waals surface area contributed by atoms with E-state index in [4.69, 9.17) is 0 Å². The molecule has 8 nitrogen and oxygen atoms in total. The van der Waals surface area contributed by atoms with E-state index in [2.05, 4.69) is 10.2 Å². The molecule has 10 heteroatoms. The van der Waals surface area contributed by atoms with Crippen molar-refractivity contribution in [3.63, 3.8) is 0 Å². The molecule has 1 fully saturated rings. The Hall–Kier alpha value is -2.98.